The van der Waals surface area contributed by atoms with Gasteiger partial charge in [0, 0.05) is 4.47 Å². The summed E-state index contributed by atoms with van der Waals surface area (Å²) in [6.07, 6.45) is 1.66. The Labute approximate surface area is 234 Å². The van der Waals surface area contributed by atoms with Gasteiger partial charge < -0.3 is 14.6 Å². The van der Waals surface area contributed by atoms with Crippen LogP contribution in [0.15, 0.2) is 80.6 Å². The summed E-state index contributed by atoms with van der Waals surface area (Å²) in [5, 5.41) is 9.86. The average Bonchev–Trinajstić information content (AvgIpc) is 3.11. The molecule has 1 atom stereocenters. The SMILES string of the molecule is COc1cc(/C=C2/SC(=S)N(C(C(=O)O)c3ccccc3)C2=O)cc(Br)c1OCc1cccc(Br)c1. The first-order valence-electron chi connectivity index (χ1n) is 10.6. The molecule has 184 valence electrons. The van der Waals surface area contributed by atoms with Crippen LogP contribution in [0.1, 0.15) is 22.7 Å². The molecule has 0 aliphatic carbocycles. The number of hydrogen-bond donors (Lipinski definition) is 1. The topological polar surface area (TPSA) is 76.1 Å². The van der Waals surface area contributed by atoms with Crippen LogP contribution < -0.4 is 9.47 Å². The molecular formula is C26H19Br2NO5S2. The first kappa shape index (κ1) is 26.4. The molecule has 0 radical (unpaired) electrons. The molecule has 3 aromatic rings. The molecule has 1 saturated heterocycles. The van der Waals surface area contributed by atoms with Gasteiger partial charge in [-0.2, -0.15) is 0 Å². The average molecular weight is 649 g/mol. The van der Waals surface area contributed by atoms with Crippen LogP contribution in [-0.4, -0.2) is 33.3 Å². The van der Waals surface area contributed by atoms with Crippen molar-refractivity contribution in [2.24, 2.45) is 0 Å². The minimum absolute atomic E-state index is 0.183. The number of thiocarbonyl (C=S) groups is 1. The van der Waals surface area contributed by atoms with Gasteiger partial charge in [0.1, 0.15) is 10.9 Å². The summed E-state index contributed by atoms with van der Waals surface area (Å²) >= 11 is 13.5. The molecule has 0 aromatic heterocycles. The molecule has 1 aliphatic rings. The highest BCUT2D eigenvalue weighted by atomic mass is 79.9. The van der Waals surface area contributed by atoms with Crippen molar-refractivity contribution in [1.82, 2.24) is 4.90 Å². The van der Waals surface area contributed by atoms with Crippen molar-refractivity contribution in [2.75, 3.05) is 7.11 Å². The zero-order valence-corrected chi connectivity index (χ0v) is 23.6. The Balaban J connectivity index is 1.60. The largest absolute Gasteiger partial charge is 0.493 e. The van der Waals surface area contributed by atoms with E-state index in [-0.39, 0.29) is 4.32 Å². The third-order valence-corrected chi connectivity index (χ3v) is 7.67. The summed E-state index contributed by atoms with van der Waals surface area (Å²) in [4.78, 5) is 26.8. The predicted molar refractivity (Wildman–Crippen MR) is 151 cm³/mol. The van der Waals surface area contributed by atoms with Gasteiger partial charge in [-0.05, 0) is 63.0 Å². The predicted octanol–water partition coefficient (Wildman–Crippen LogP) is 6.83. The third-order valence-electron chi connectivity index (χ3n) is 5.25. The van der Waals surface area contributed by atoms with Crippen molar-refractivity contribution in [3.63, 3.8) is 0 Å². The van der Waals surface area contributed by atoms with E-state index in [0.717, 1.165) is 26.7 Å². The number of nitrogens with zero attached hydrogens (tertiary/aromatic N) is 1. The van der Waals surface area contributed by atoms with E-state index in [1.165, 1.54) is 7.11 Å². The normalized spacial score (nSPS) is 15.3. The molecule has 0 saturated carbocycles. The van der Waals surface area contributed by atoms with Crippen molar-refractivity contribution in [2.45, 2.75) is 12.6 Å². The molecule has 4 rings (SSSR count). The molecular weight excluding hydrogens is 630 g/mol. The van der Waals surface area contributed by atoms with E-state index in [9.17, 15) is 14.7 Å². The standard InChI is InChI=1S/C26H19Br2NO5S2/c1-33-20-12-16(11-19(28)23(20)34-14-15-6-5-9-18(27)10-15)13-21-24(30)29(26(35)36-21)22(25(31)32)17-7-3-2-4-8-17/h2-13,22H,14H2,1H3,(H,31,32)/b21-13+. The number of benzene rings is 3. The summed E-state index contributed by atoms with van der Waals surface area (Å²) in [6.45, 7) is 0.336. The maximum atomic E-state index is 13.2. The smallest absolute Gasteiger partial charge is 0.331 e. The maximum absolute atomic E-state index is 13.2. The van der Waals surface area contributed by atoms with Gasteiger partial charge in [0.05, 0.1) is 16.5 Å². The van der Waals surface area contributed by atoms with E-state index in [2.05, 4.69) is 31.9 Å². The minimum atomic E-state index is -1.21. The molecule has 10 heteroatoms. The molecule has 0 spiro atoms. The molecule has 1 N–H and O–H groups in total. The lowest BCUT2D eigenvalue weighted by Crippen LogP contribution is -2.37. The van der Waals surface area contributed by atoms with Crippen molar-refractivity contribution >= 4 is 78.1 Å². The van der Waals surface area contributed by atoms with Gasteiger partial charge >= 0.3 is 5.97 Å². The van der Waals surface area contributed by atoms with Gasteiger partial charge in [-0.3, -0.25) is 9.69 Å². The Bertz CT molecular complexity index is 1360. The Morgan fingerprint density at radius 2 is 1.89 bits per heavy atom. The van der Waals surface area contributed by atoms with Gasteiger partial charge in [0.25, 0.3) is 5.91 Å². The van der Waals surface area contributed by atoms with Crippen molar-refractivity contribution in [3.05, 3.63) is 97.3 Å². The molecule has 1 unspecified atom stereocenters. The van der Waals surface area contributed by atoms with Crippen LogP contribution in [0.4, 0.5) is 0 Å². The number of carbonyl (C=O) groups is 2. The van der Waals surface area contributed by atoms with Gasteiger partial charge in [-0.1, -0.05) is 82.4 Å². The molecule has 6 nitrogen and oxygen atoms in total. The van der Waals surface area contributed by atoms with Crippen LogP contribution in [0.3, 0.4) is 0 Å². The Morgan fingerprint density at radius 1 is 1.14 bits per heavy atom. The number of ether oxygens (including phenoxy) is 2. The fraction of sp³-hybridized carbons (Fsp3) is 0.115. The number of carboxylic acids is 1. The molecule has 1 amide bonds. The van der Waals surface area contributed by atoms with E-state index in [1.807, 2.05) is 24.3 Å². The van der Waals surface area contributed by atoms with Crippen LogP contribution in [0, 0.1) is 0 Å². The lowest BCUT2D eigenvalue weighted by molar-refractivity contribution is -0.145. The minimum Gasteiger partial charge on any atom is -0.493 e. The molecule has 0 bridgehead atoms. The highest BCUT2D eigenvalue weighted by Gasteiger charge is 2.41. The second-order valence-electron chi connectivity index (χ2n) is 7.66. The summed E-state index contributed by atoms with van der Waals surface area (Å²) in [5.41, 5.74) is 2.12. The van der Waals surface area contributed by atoms with E-state index in [1.54, 1.807) is 48.5 Å². The van der Waals surface area contributed by atoms with Crippen LogP contribution in [-0.2, 0) is 16.2 Å². The summed E-state index contributed by atoms with van der Waals surface area (Å²) < 4.78 is 13.3. The van der Waals surface area contributed by atoms with Gasteiger partial charge in [0.15, 0.2) is 17.5 Å². The second kappa shape index (κ2) is 11.6. The number of halogens is 2. The van der Waals surface area contributed by atoms with Gasteiger partial charge in [-0.25, -0.2) is 4.79 Å². The number of carbonyl (C=O) groups excluding carboxylic acids is 1. The number of rotatable bonds is 8. The first-order valence-corrected chi connectivity index (χ1v) is 13.4. The summed E-state index contributed by atoms with van der Waals surface area (Å²) in [7, 11) is 1.54. The summed E-state index contributed by atoms with van der Waals surface area (Å²) in [5.74, 6) is -0.618. The van der Waals surface area contributed by atoms with Gasteiger partial charge in [0.2, 0.25) is 0 Å². The van der Waals surface area contributed by atoms with Crippen LogP contribution in [0.25, 0.3) is 6.08 Å². The van der Waals surface area contributed by atoms with Crippen molar-refractivity contribution in [3.8, 4) is 11.5 Å². The Kier molecular flexibility index (Phi) is 8.50. The zero-order chi connectivity index (χ0) is 25.8. The number of hydrogen-bond acceptors (Lipinski definition) is 6. The number of amides is 1. The van der Waals surface area contributed by atoms with Gasteiger partial charge in [-0.15, -0.1) is 0 Å². The molecule has 1 aliphatic heterocycles. The monoisotopic (exact) mass is 647 g/mol. The lowest BCUT2D eigenvalue weighted by Gasteiger charge is -2.23. The fourth-order valence-electron chi connectivity index (χ4n) is 3.64. The van der Waals surface area contributed by atoms with Crippen LogP contribution in [0.5, 0.6) is 11.5 Å². The third kappa shape index (κ3) is 5.83. The second-order valence-corrected chi connectivity index (χ2v) is 11.1. The highest BCUT2D eigenvalue weighted by Crippen LogP contribution is 2.41. The van der Waals surface area contributed by atoms with E-state index in [0.29, 0.717) is 38.6 Å². The number of aliphatic carboxylic acids is 1. The molecule has 3 aromatic carbocycles. The lowest BCUT2D eigenvalue weighted by atomic mass is 10.1. The quantitative estimate of drug-likeness (QED) is 0.212. The van der Waals surface area contributed by atoms with Crippen molar-refractivity contribution in [1.29, 1.82) is 0 Å². The fourth-order valence-corrected chi connectivity index (χ4v) is 5.97. The molecule has 1 fully saturated rings. The van der Waals surface area contributed by atoms with Crippen LogP contribution in [0.2, 0.25) is 0 Å². The Morgan fingerprint density at radius 3 is 2.56 bits per heavy atom. The number of carboxylic acid groups (broad SMARTS) is 1. The van der Waals surface area contributed by atoms with Crippen LogP contribution >= 0.6 is 55.8 Å². The van der Waals surface area contributed by atoms with E-state index < -0.39 is 17.9 Å². The maximum Gasteiger partial charge on any atom is 0.331 e. The highest BCUT2D eigenvalue weighted by molar-refractivity contribution is 9.10. The summed E-state index contributed by atoms with van der Waals surface area (Å²) in [6, 6.07) is 18.7. The zero-order valence-electron chi connectivity index (χ0n) is 18.8. The first-order chi connectivity index (χ1) is 17.3. The number of thioether (sulfide) groups is 1. The van der Waals surface area contributed by atoms with Crippen molar-refractivity contribution < 1.29 is 24.2 Å². The molecule has 1 heterocycles. The Hall–Kier alpha value is -2.66. The van der Waals surface area contributed by atoms with E-state index in [4.69, 9.17) is 21.7 Å². The number of methoxy groups -OCH3 is 1. The van der Waals surface area contributed by atoms with E-state index >= 15 is 0 Å². The molecule has 36 heavy (non-hydrogen) atoms.